The zero-order valence-electron chi connectivity index (χ0n) is 13.5. The second-order valence-corrected chi connectivity index (χ2v) is 5.53. The second-order valence-electron chi connectivity index (χ2n) is 5.53. The Morgan fingerprint density at radius 1 is 1.08 bits per heavy atom. The number of hydrogen-bond acceptors (Lipinski definition) is 5. The number of halogens is 1. The summed E-state index contributed by atoms with van der Waals surface area (Å²) in [5, 5.41) is 0. The van der Waals surface area contributed by atoms with Gasteiger partial charge in [-0.15, -0.1) is 0 Å². The van der Waals surface area contributed by atoms with E-state index in [4.69, 9.17) is 9.47 Å². The zero-order chi connectivity index (χ0) is 18.5. The number of esters is 1. The maximum Gasteiger partial charge on any atom is 0.339 e. The maximum atomic E-state index is 13.0. The predicted octanol–water partition coefficient (Wildman–Crippen LogP) is 1.65. The molecule has 0 radical (unpaired) electrons. The van der Waals surface area contributed by atoms with Crippen LogP contribution in [0.25, 0.3) is 0 Å². The van der Waals surface area contributed by atoms with Crippen molar-refractivity contribution >= 4 is 17.8 Å². The van der Waals surface area contributed by atoms with Gasteiger partial charge < -0.3 is 9.47 Å². The third kappa shape index (κ3) is 4.15. The van der Waals surface area contributed by atoms with Crippen LogP contribution < -0.4 is 15.6 Å². The summed E-state index contributed by atoms with van der Waals surface area (Å²) in [7, 11) is 0. The minimum absolute atomic E-state index is 0.131. The number of nitrogens with one attached hydrogen (secondary N) is 2. The van der Waals surface area contributed by atoms with Crippen molar-refractivity contribution in [2.45, 2.75) is 12.5 Å². The Morgan fingerprint density at radius 3 is 2.65 bits per heavy atom. The van der Waals surface area contributed by atoms with E-state index in [1.165, 1.54) is 18.2 Å². The molecule has 26 heavy (non-hydrogen) atoms. The largest absolute Gasteiger partial charge is 0.484 e. The molecule has 2 aromatic carbocycles. The number of hydrogen-bond donors (Lipinski definition) is 2. The highest BCUT2D eigenvalue weighted by atomic mass is 19.1. The molecule has 0 saturated carbocycles. The summed E-state index contributed by atoms with van der Waals surface area (Å²) in [6.07, 6.45) is -0.826. The molecular formula is C18H15FN2O5. The fraction of sp³-hybridized carbons (Fsp3) is 0.167. The van der Waals surface area contributed by atoms with E-state index in [1.54, 1.807) is 24.3 Å². The third-order valence-electron chi connectivity index (χ3n) is 3.66. The van der Waals surface area contributed by atoms with E-state index in [-0.39, 0.29) is 12.2 Å². The first-order valence-electron chi connectivity index (χ1n) is 7.79. The Bertz CT molecular complexity index is 855. The fourth-order valence-electron chi connectivity index (χ4n) is 2.47. The molecular weight excluding hydrogens is 343 g/mol. The third-order valence-corrected chi connectivity index (χ3v) is 3.66. The van der Waals surface area contributed by atoms with Crippen molar-refractivity contribution in [3.63, 3.8) is 0 Å². The summed E-state index contributed by atoms with van der Waals surface area (Å²) in [4.78, 5) is 35.3. The molecule has 7 nitrogen and oxygen atoms in total. The fourth-order valence-corrected chi connectivity index (χ4v) is 2.47. The molecule has 2 amide bonds. The summed E-state index contributed by atoms with van der Waals surface area (Å²) in [6.45, 7) is -0.398. The van der Waals surface area contributed by atoms with Gasteiger partial charge in [-0.2, -0.15) is 0 Å². The van der Waals surface area contributed by atoms with Crippen molar-refractivity contribution < 1.29 is 28.2 Å². The number of carbonyl (C=O) groups is 3. The Balaban J connectivity index is 1.44. The van der Waals surface area contributed by atoms with Crippen LogP contribution in [0.15, 0.2) is 48.5 Å². The van der Waals surface area contributed by atoms with Gasteiger partial charge in [0.15, 0.2) is 6.61 Å². The number of ether oxygens (including phenoxy) is 2. The molecule has 134 valence electrons. The molecule has 2 aromatic rings. The molecule has 0 aliphatic carbocycles. The minimum Gasteiger partial charge on any atom is -0.484 e. The molecule has 1 aliphatic rings. The Kier molecular flexibility index (Phi) is 5.12. The van der Waals surface area contributed by atoms with Gasteiger partial charge in [-0.05, 0) is 18.2 Å². The monoisotopic (exact) mass is 358 g/mol. The van der Waals surface area contributed by atoms with Crippen LogP contribution in [0.5, 0.6) is 5.75 Å². The molecule has 0 unspecified atom stereocenters. The van der Waals surface area contributed by atoms with Gasteiger partial charge in [-0.25, -0.2) is 9.18 Å². The van der Waals surface area contributed by atoms with Crippen LogP contribution in [0.3, 0.4) is 0 Å². The Hall–Kier alpha value is -3.42. The van der Waals surface area contributed by atoms with Crippen molar-refractivity contribution in [2.24, 2.45) is 0 Å². The molecule has 8 heteroatoms. The second kappa shape index (κ2) is 7.64. The predicted molar refractivity (Wildman–Crippen MR) is 87.4 cm³/mol. The van der Waals surface area contributed by atoms with Gasteiger partial charge in [0.25, 0.3) is 5.91 Å². The molecule has 0 spiro atoms. The lowest BCUT2D eigenvalue weighted by Gasteiger charge is -2.12. The van der Waals surface area contributed by atoms with Crippen LogP contribution in [-0.4, -0.2) is 24.4 Å². The van der Waals surface area contributed by atoms with Crippen LogP contribution in [0, 0.1) is 5.82 Å². The van der Waals surface area contributed by atoms with Crippen LogP contribution in [0.4, 0.5) is 4.39 Å². The summed E-state index contributed by atoms with van der Waals surface area (Å²) in [6, 6.07) is 12.1. The van der Waals surface area contributed by atoms with E-state index >= 15 is 0 Å². The number of cyclic esters (lactones) is 1. The van der Waals surface area contributed by atoms with Gasteiger partial charge in [0.05, 0.1) is 12.0 Å². The van der Waals surface area contributed by atoms with Gasteiger partial charge in [0, 0.05) is 11.6 Å². The summed E-state index contributed by atoms with van der Waals surface area (Å²) in [5.74, 6) is -1.92. The normalized spacial score (nSPS) is 15.0. The van der Waals surface area contributed by atoms with Gasteiger partial charge in [0.2, 0.25) is 5.91 Å². The van der Waals surface area contributed by atoms with Gasteiger partial charge in [0.1, 0.15) is 17.7 Å². The average Bonchev–Trinajstić information content (AvgIpc) is 2.94. The average molecular weight is 358 g/mol. The molecule has 1 heterocycles. The Labute approximate surface area is 148 Å². The summed E-state index contributed by atoms with van der Waals surface area (Å²) < 4.78 is 23.3. The van der Waals surface area contributed by atoms with E-state index in [1.807, 2.05) is 0 Å². The standard InChI is InChI=1S/C18H15FN2O5/c19-11-4-3-5-12(8-11)25-10-17(23)21-20-16(22)9-15-13-6-1-2-7-14(13)18(24)26-15/h1-8,15H,9-10H2,(H,20,22)(H,21,23)/t15-/m0/s1. The van der Waals surface area contributed by atoms with E-state index < -0.39 is 36.3 Å². The Morgan fingerprint density at radius 2 is 1.85 bits per heavy atom. The number of benzene rings is 2. The van der Waals surface area contributed by atoms with Crippen molar-refractivity contribution in [2.75, 3.05) is 6.61 Å². The van der Waals surface area contributed by atoms with Crippen molar-refractivity contribution in [3.8, 4) is 5.75 Å². The highest BCUT2D eigenvalue weighted by Crippen LogP contribution is 2.32. The minimum atomic E-state index is -0.695. The number of carbonyl (C=O) groups excluding carboxylic acids is 3. The number of rotatable bonds is 5. The SMILES string of the molecule is O=C(COc1cccc(F)c1)NNC(=O)C[C@@H]1OC(=O)c2ccccc21. The number of hydrazine groups is 1. The number of fused-ring (bicyclic) bond motifs is 1. The van der Waals surface area contributed by atoms with Crippen LogP contribution in [-0.2, 0) is 14.3 Å². The maximum absolute atomic E-state index is 13.0. The lowest BCUT2D eigenvalue weighted by molar-refractivity contribution is -0.131. The molecule has 2 N–H and O–H groups in total. The number of amides is 2. The van der Waals surface area contributed by atoms with Crippen LogP contribution >= 0.6 is 0 Å². The first kappa shape index (κ1) is 17.4. The van der Waals surface area contributed by atoms with Gasteiger partial charge >= 0.3 is 5.97 Å². The van der Waals surface area contributed by atoms with E-state index in [0.29, 0.717) is 11.1 Å². The molecule has 0 aromatic heterocycles. The molecule has 3 rings (SSSR count). The van der Waals surface area contributed by atoms with E-state index in [2.05, 4.69) is 10.9 Å². The summed E-state index contributed by atoms with van der Waals surface area (Å²) in [5.41, 5.74) is 5.46. The van der Waals surface area contributed by atoms with Gasteiger partial charge in [-0.3, -0.25) is 20.4 Å². The van der Waals surface area contributed by atoms with Crippen LogP contribution in [0.1, 0.15) is 28.4 Å². The topological polar surface area (TPSA) is 93.7 Å². The lowest BCUT2D eigenvalue weighted by Crippen LogP contribution is -2.44. The van der Waals surface area contributed by atoms with Crippen molar-refractivity contribution in [1.29, 1.82) is 0 Å². The lowest BCUT2D eigenvalue weighted by atomic mass is 10.0. The van der Waals surface area contributed by atoms with Crippen molar-refractivity contribution in [1.82, 2.24) is 10.9 Å². The molecule has 0 saturated heterocycles. The van der Waals surface area contributed by atoms with E-state index in [0.717, 1.165) is 6.07 Å². The first-order chi connectivity index (χ1) is 12.5. The van der Waals surface area contributed by atoms with Crippen molar-refractivity contribution in [3.05, 3.63) is 65.5 Å². The highest BCUT2D eigenvalue weighted by Gasteiger charge is 2.32. The van der Waals surface area contributed by atoms with E-state index in [9.17, 15) is 18.8 Å². The van der Waals surface area contributed by atoms with Crippen LogP contribution in [0.2, 0.25) is 0 Å². The molecule has 0 fully saturated rings. The smallest absolute Gasteiger partial charge is 0.339 e. The highest BCUT2D eigenvalue weighted by molar-refractivity contribution is 5.94. The molecule has 0 bridgehead atoms. The zero-order valence-corrected chi connectivity index (χ0v) is 13.5. The molecule has 1 atom stereocenters. The quantitative estimate of drug-likeness (QED) is 0.626. The summed E-state index contributed by atoms with van der Waals surface area (Å²) >= 11 is 0. The molecule has 1 aliphatic heterocycles. The van der Waals surface area contributed by atoms with Gasteiger partial charge in [-0.1, -0.05) is 24.3 Å². The first-order valence-corrected chi connectivity index (χ1v) is 7.79.